The molecule has 0 radical (unpaired) electrons. The van der Waals surface area contributed by atoms with Gasteiger partial charge >= 0.3 is 0 Å². The number of carbonyl (C=O) groups is 1. The lowest BCUT2D eigenvalue weighted by atomic mass is 10.1. The van der Waals surface area contributed by atoms with E-state index in [1.807, 2.05) is 0 Å². The van der Waals surface area contributed by atoms with Gasteiger partial charge in [0.1, 0.15) is 0 Å². The molecule has 5 nitrogen and oxygen atoms in total. The minimum atomic E-state index is 0.0111. The molecule has 1 unspecified atom stereocenters. The van der Waals surface area contributed by atoms with E-state index in [1.165, 1.54) is 0 Å². The van der Waals surface area contributed by atoms with Crippen molar-refractivity contribution in [2.75, 3.05) is 32.8 Å². The molecule has 0 saturated carbocycles. The van der Waals surface area contributed by atoms with Gasteiger partial charge in [0.05, 0.1) is 13.2 Å². The zero-order chi connectivity index (χ0) is 10.7. The van der Waals surface area contributed by atoms with E-state index in [9.17, 15) is 4.79 Å². The molecular formula is C9H15N3O2S. The van der Waals surface area contributed by atoms with E-state index in [0.29, 0.717) is 11.5 Å². The molecule has 2 N–H and O–H groups in total. The number of morpholine rings is 1. The third kappa shape index (κ3) is 3.12. The zero-order valence-electron chi connectivity index (χ0n) is 8.49. The topological polar surface area (TPSA) is 53.6 Å². The van der Waals surface area contributed by atoms with Crippen LogP contribution in [0.25, 0.3) is 0 Å². The fourth-order valence-corrected chi connectivity index (χ4v) is 2.16. The second-order valence-corrected chi connectivity index (χ2v) is 4.24. The summed E-state index contributed by atoms with van der Waals surface area (Å²) < 4.78 is 5.26. The smallest absolute Gasteiger partial charge is 0.228 e. The van der Waals surface area contributed by atoms with E-state index in [-0.39, 0.29) is 11.9 Å². The van der Waals surface area contributed by atoms with Crippen molar-refractivity contribution in [1.82, 2.24) is 15.5 Å². The molecule has 15 heavy (non-hydrogen) atoms. The average Bonchev–Trinajstić information content (AvgIpc) is 2.17. The first-order chi connectivity index (χ1) is 7.24. The summed E-state index contributed by atoms with van der Waals surface area (Å²) in [6, 6.07) is 0.143. The first kappa shape index (κ1) is 10.8. The molecule has 0 spiro atoms. The second-order valence-electron chi connectivity index (χ2n) is 3.84. The molecule has 2 fully saturated rings. The molecule has 1 amide bonds. The van der Waals surface area contributed by atoms with Gasteiger partial charge in [-0.1, -0.05) is 0 Å². The maximum absolute atomic E-state index is 11.2. The Balaban J connectivity index is 1.82. The Kier molecular flexibility index (Phi) is 3.50. The monoisotopic (exact) mass is 229 g/mol. The van der Waals surface area contributed by atoms with Crippen LogP contribution in [0.1, 0.15) is 6.42 Å². The van der Waals surface area contributed by atoms with Gasteiger partial charge in [-0.15, -0.1) is 0 Å². The summed E-state index contributed by atoms with van der Waals surface area (Å²) in [5.74, 6) is 0.0111. The van der Waals surface area contributed by atoms with Gasteiger partial charge in [-0.2, -0.15) is 0 Å². The van der Waals surface area contributed by atoms with Crippen molar-refractivity contribution in [1.29, 1.82) is 0 Å². The highest BCUT2D eigenvalue weighted by atomic mass is 32.1. The molecule has 2 aliphatic rings. The summed E-state index contributed by atoms with van der Waals surface area (Å²) in [6.45, 7) is 4.29. The van der Waals surface area contributed by atoms with Crippen LogP contribution in [-0.2, 0) is 9.53 Å². The average molecular weight is 229 g/mol. The largest absolute Gasteiger partial charge is 0.379 e. The minimum absolute atomic E-state index is 0.0111. The number of nitrogens with one attached hydrogen (secondary N) is 2. The Labute approximate surface area is 94.1 Å². The molecule has 84 valence electrons. The van der Waals surface area contributed by atoms with Crippen molar-refractivity contribution in [2.45, 2.75) is 12.5 Å². The molecule has 2 heterocycles. The van der Waals surface area contributed by atoms with Crippen molar-refractivity contribution in [2.24, 2.45) is 0 Å². The number of ether oxygens (including phenoxy) is 1. The van der Waals surface area contributed by atoms with Crippen molar-refractivity contribution in [3.63, 3.8) is 0 Å². The summed E-state index contributed by atoms with van der Waals surface area (Å²) in [4.78, 5) is 13.5. The highest BCUT2D eigenvalue weighted by molar-refractivity contribution is 7.80. The van der Waals surface area contributed by atoms with E-state index >= 15 is 0 Å². The molecular weight excluding hydrogens is 214 g/mol. The Morgan fingerprint density at radius 2 is 2.20 bits per heavy atom. The first-order valence-electron chi connectivity index (χ1n) is 5.14. The quantitative estimate of drug-likeness (QED) is 0.600. The lowest BCUT2D eigenvalue weighted by molar-refractivity contribution is -0.120. The van der Waals surface area contributed by atoms with Gasteiger partial charge in [0.2, 0.25) is 5.91 Å². The second kappa shape index (κ2) is 4.87. The standard InChI is InChI=1S/C9H15N3O2S/c13-8-5-7(10-9(15)11-8)6-12-1-3-14-4-2-12/h7H,1-6H2,(H2,10,11,13,15). The number of carbonyl (C=O) groups excluding carboxylic acids is 1. The molecule has 2 saturated heterocycles. The van der Waals surface area contributed by atoms with Crippen LogP contribution in [0.3, 0.4) is 0 Å². The van der Waals surface area contributed by atoms with Crippen molar-refractivity contribution in [3.8, 4) is 0 Å². The number of thiocarbonyl (C=S) groups is 1. The highest BCUT2D eigenvalue weighted by Crippen LogP contribution is 2.04. The molecule has 0 bridgehead atoms. The van der Waals surface area contributed by atoms with Crippen molar-refractivity contribution < 1.29 is 9.53 Å². The molecule has 1 atom stereocenters. The van der Waals surface area contributed by atoms with Crippen LogP contribution in [0.15, 0.2) is 0 Å². The summed E-state index contributed by atoms with van der Waals surface area (Å²) in [5, 5.41) is 6.14. The number of amides is 1. The van der Waals surface area contributed by atoms with Gasteiger partial charge in [0.25, 0.3) is 0 Å². The number of rotatable bonds is 2. The summed E-state index contributed by atoms with van der Waals surface area (Å²) >= 11 is 4.94. The normalized spacial score (nSPS) is 28.4. The SMILES string of the molecule is O=C1CC(CN2CCOCC2)NC(=S)N1. The van der Waals surface area contributed by atoms with E-state index < -0.39 is 0 Å². The molecule has 0 aromatic carbocycles. The maximum atomic E-state index is 11.2. The predicted octanol–water partition coefficient (Wildman–Crippen LogP) is -0.918. The summed E-state index contributed by atoms with van der Waals surface area (Å²) in [5.41, 5.74) is 0. The Morgan fingerprint density at radius 3 is 2.87 bits per heavy atom. The molecule has 6 heteroatoms. The third-order valence-corrected chi connectivity index (χ3v) is 2.82. The Morgan fingerprint density at radius 1 is 1.47 bits per heavy atom. The fraction of sp³-hybridized carbons (Fsp3) is 0.778. The molecule has 0 aromatic heterocycles. The minimum Gasteiger partial charge on any atom is -0.379 e. The molecule has 2 rings (SSSR count). The summed E-state index contributed by atoms with van der Waals surface area (Å²) in [6.07, 6.45) is 0.498. The van der Waals surface area contributed by atoms with Crippen LogP contribution < -0.4 is 10.6 Å². The van der Waals surface area contributed by atoms with Crippen molar-refractivity contribution >= 4 is 23.2 Å². The van der Waals surface area contributed by atoms with E-state index in [1.54, 1.807) is 0 Å². The van der Waals surface area contributed by atoms with Crippen LogP contribution in [-0.4, -0.2) is 54.8 Å². The highest BCUT2D eigenvalue weighted by Gasteiger charge is 2.24. The fourth-order valence-electron chi connectivity index (χ4n) is 1.88. The lowest BCUT2D eigenvalue weighted by Crippen LogP contribution is -2.56. The van der Waals surface area contributed by atoms with Crippen LogP contribution in [0, 0.1) is 0 Å². The van der Waals surface area contributed by atoms with Crippen LogP contribution in [0.4, 0.5) is 0 Å². The van der Waals surface area contributed by atoms with Gasteiger partial charge in [0.15, 0.2) is 5.11 Å². The van der Waals surface area contributed by atoms with Crippen LogP contribution in [0.2, 0.25) is 0 Å². The molecule has 2 aliphatic heterocycles. The van der Waals surface area contributed by atoms with Gasteiger partial charge in [-0.3, -0.25) is 9.69 Å². The van der Waals surface area contributed by atoms with Crippen LogP contribution >= 0.6 is 12.2 Å². The van der Waals surface area contributed by atoms with Gasteiger partial charge in [-0.05, 0) is 12.2 Å². The Bertz CT molecular complexity index is 250. The number of nitrogens with zero attached hydrogens (tertiary/aromatic N) is 1. The van der Waals surface area contributed by atoms with Gasteiger partial charge < -0.3 is 15.4 Å². The maximum Gasteiger partial charge on any atom is 0.228 e. The third-order valence-electron chi connectivity index (χ3n) is 2.60. The van der Waals surface area contributed by atoms with E-state index in [4.69, 9.17) is 17.0 Å². The van der Waals surface area contributed by atoms with E-state index in [2.05, 4.69) is 15.5 Å². The zero-order valence-corrected chi connectivity index (χ0v) is 9.31. The number of hydrogen-bond donors (Lipinski definition) is 2. The molecule has 0 aliphatic carbocycles. The van der Waals surface area contributed by atoms with E-state index in [0.717, 1.165) is 32.8 Å². The first-order valence-corrected chi connectivity index (χ1v) is 5.55. The summed E-state index contributed by atoms with van der Waals surface area (Å²) in [7, 11) is 0. The van der Waals surface area contributed by atoms with Crippen LogP contribution in [0.5, 0.6) is 0 Å². The number of hydrogen-bond acceptors (Lipinski definition) is 4. The van der Waals surface area contributed by atoms with Gasteiger partial charge in [0, 0.05) is 32.1 Å². The van der Waals surface area contributed by atoms with Gasteiger partial charge in [-0.25, -0.2) is 0 Å². The van der Waals surface area contributed by atoms with Crippen molar-refractivity contribution in [3.05, 3.63) is 0 Å². The molecule has 0 aromatic rings. The predicted molar refractivity (Wildman–Crippen MR) is 59.5 cm³/mol. The Hall–Kier alpha value is -0.720. The lowest BCUT2D eigenvalue weighted by Gasteiger charge is -2.32.